The summed E-state index contributed by atoms with van der Waals surface area (Å²) < 4.78 is 27.5. The van der Waals surface area contributed by atoms with Gasteiger partial charge in [0.1, 0.15) is 29.2 Å². The number of nitrogens with zero attached hydrogens (tertiary/aromatic N) is 4. The number of aryl methyl sites for hydroxylation is 1. The molecular formula is C24H29FN4O3. The van der Waals surface area contributed by atoms with Crippen LogP contribution in [0.2, 0.25) is 0 Å². The van der Waals surface area contributed by atoms with E-state index in [9.17, 15) is 9.50 Å². The number of hydrogen-bond donors (Lipinski definition) is 1. The van der Waals surface area contributed by atoms with Crippen LogP contribution >= 0.6 is 0 Å². The number of rotatable bonds is 7. The first-order valence-corrected chi connectivity index (χ1v) is 10.6. The Hall–Kier alpha value is -3.10. The van der Waals surface area contributed by atoms with Crippen molar-refractivity contribution < 1.29 is 19.0 Å². The topological polar surface area (TPSA) is 63.0 Å². The highest BCUT2D eigenvalue weighted by Crippen LogP contribution is 2.33. The zero-order valence-electron chi connectivity index (χ0n) is 18.7. The lowest BCUT2D eigenvalue weighted by Crippen LogP contribution is -2.46. The highest BCUT2D eigenvalue weighted by molar-refractivity contribution is 5.57. The van der Waals surface area contributed by atoms with Gasteiger partial charge in [-0.05, 0) is 12.1 Å². The molecule has 1 N–H and O–H groups in total. The smallest absolute Gasteiger partial charge is 0.146 e. The lowest BCUT2D eigenvalue weighted by atomic mass is 10.0. The van der Waals surface area contributed by atoms with E-state index in [1.165, 1.54) is 6.07 Å². The molecule has 7 nitrogen and oxygen atoms in total. The van der Waals surface area contributed by atoms with Gasteiger partial charge in [0.2, 0.25) is 0 Å². The fraction of sp³-hybridized carbons (Fsp3) is 0.375. The number of anilines is 1. The van der Waals surface area contributed by atoms with Crippen molar-refractivity contribution in [1.82, 2.24) is 14.5 Å². The van der Waals surface area contributed by atoms with Crippen LogP contribution in [0.5, 0.6) is 11.5 Å². The zero-order chi connectivity index (χ0) is 22.7. The van der Waals surface area contributed by atoms with Crippen LogP contribution in [-0.2, 0) is 13.6 Å². The van der Waals surface area contributed by atoms with Gasteiger partial charge >= 0.3 is 0 Å². The standard InChI is InChI=1S/C24H29FN4O3/c1-27-10-9-26-24(27)23(30)19-5-4-6-20(25)22(19)29-13-11-28(12-14-29)16-17-7-8-18(31-2)15-21(17)32-3/h4-10,15,23,30H,11-14,16H2,1-3H3/t23-/m1/s1. The van der Waals surface area contributed by atoms with Gasteiger partial charge in [0.15, 0.2) is 0 Å². The maximum atomic E-state index is 14.9. The van der Waals surface area contributed by atoms with Gasteiger partial charge in [0, 0.05) is 69.4 Å². The second-order valence-corrected chi connectivity index (χ2v) is 7.92. The average Bonchev–Trinajstić information content (AvgIpc) is 3.25. The average molecular weight is 441 g/mol. The molecular weight excluding hydrogens is 411 g/mol. The summed E-state index contributed by atoms with van der Waals surface area (Å²) in [5.41, 5.74) is 2.06. The van der Waals surface area contributed by atoms with E-state index in [-0.39, 0.29) is 5.82 Å². The van der Waals surface area contributed by atoms with Crippen LogP contribution in [0.4, 0.5) is 10.1 Å². The number of imidazole rings is 1. The summed E-state index contributed by atoms with van der Waals surface area (Å²) in [6.45, 7) is 3.57. The molecule has 0 radical (unpaired) electrons. The van der Waals surface area contributed by atoms with Crippen molar-refractivity contribution in [2.75, 3.05) is 45.3 Å². The zero-order valence-corrected chi connectivity index (χ0v) is 18.7. The molecule has 0 amide bonds. The monoisotopic (exact) mass is 440 g/mol. The van der Waals surface area contributed by atoms with E-state index in [4.69, 9.17) is 9.47 Å². The third-order valence-electron chi connectivity index (χ3n) is 5.99. The maximum absolute atomic E-state index is 14.9. The molecule has 1 aliphatic rings. The molecule has 1 aliphatic heterocycles. The van der Waals surface area contributed by atoms with Crippen LogP contribution in [0.3, 0.4) is 0 Å². The molecule has 1 atom stereocenters. The van der Waals surface area contributed by atoms with Gasteiger partial charge in [-0.1, -0.05) is 18.2 Å². The lowest BCUT2D eigenvalue weighted by Gasteiger charge is -2.37. The summed E-state index contributed by atoms with van der Waals surface area (Å²) in [5, 5.41) is 10.9. The predicted molar refractivity (Wildman–Crippen MR) is 121 cm³/mol. The molecule has 2 heterocycles. The van der Waals surface area contributed by atoms with E-state index in [2.05, 4.69) is 9.88 Å². The predicted octanol–water partition coefficient (Wildman–Crippen LogP) is 2.98. The molecule has 170 valence electrons. The number of para-hydroxylation sites is 1. The minimum Gasteiger partial charge on any atom is -0.497 e. The Morgan fingerprint density at radius 1 is 1.09 bits per heavy atom. The highest BCUT2D eigenvalue weighted by Gasteiger charge is 2.27. The molecule has 3 aromatic rings. The molecule has 0 bridgehead atoms. The summed E-state index contributed by atoms with van der Waals surface area (Å²) in [6, 6.07) is 10.7. The quantitative estimate of drug-likeness (QED) is 0.610. The Labute approximate surface area is 187 Å². The summed E-state index contributed by atoms with van der Waals surface area (Å²) >= 11 is 0. The van der Waals surface area contributed by atoms with Crippen molar-refractivity contribution in [2.45, 2.75) is 12.6 Å². The third kappa shape index (κ3) is 4.42. The molecule has 0 aliphatic carbocycles. The molecule has 1 fully saturated rings. The number of halogens is 1. The molecule has 2 aromatic carbocycles. The second kappa shape index (κ2) is 9.58. The largest absolute Gasteiger partial charge is 0.497 e. The molecule has 32 heavy (non-hydrogen) atoms. The van der Waals surface area contributed by atoms with Gasteiger partial charge in [0.25, 0.3) is 0 Å². The Balaban J connectivity index is 1.49. The van der Waals surface area contributed by atoms with E-state index >= 15 is 0 Å². The first-order chi connectivity index (χ1) is 15.5. The first kappa shape index (κ1) is 22.1. The van der Waals surface area contributed by atoms with Crippen LogP contribution in [0, 0.1) is 5.82 Å². The lowest BCUT2D eigenvalue weighted by molar-refractivity contribution is 0.205. The number of hydrogen-bond acceptors (Lipinski definition) is 6. The minimum absolute atomic E-state index is 0.332. The first-order valence-electron chi connectivity index (χ1n) is 10.6. The number of aliphatic hydroxyl groups excluding tert-OH is 1. The van der Waals surface area contributed by atoms with Crippen molar-refractivity contribution in [1.29, 1.82) is 0 Å². The molecule has 0 unspecified atom stereocenters. The Morgan fingerprint density at radius 3 is 2.53 bits per heavy atom. The molecule has 8 heteroatoms. The number of methoxy groups -OCH3 is 2. The number of aliphatic hydroxyl groups is 1. The normalized spacial score (nSPS) is 15.6. The molecule has 1 aromatic heterocycles. The van der Waals surface area contributed by atoms with Gasteiger partial charge < -0.3 is 24.0 Å². The summed E-state index contributed by atoms with van der Waals surface area (Å²) in [4.78, 5) is 8.57. The summed E-state index contributed by atoms with van der Waals surface area (Å²) in [6.07, 6.45) is 2.40. The Bertz CT molecular complexity index is 1060. The minimum atomic E-state index is -0.998. The maximum Gasteiger partial charge on any atom is 0.146 e. The third-order valence-corrected chi connectivity index (χ3v) is 5.99. The van der Waals surface area contributed by atoms with E-state index in [1.807, 2.05) is 30.1 Å². The van der Waals surface area contributed by atoms with E-state index in [0.29, 0.717) is 30.2 Å². The number of piperazine rings is 1. The van der Waals surface area contributed by atoms with Gasteiger partial charge in [-0.3, -0.25) is 4.90 Å². The number of ether oxygens (including phenoxy) is 2. The van der Waals surface area contributed by atoms with Crippen molar-refractivity contribution in [2.24, 2.45) is 7.05 Å². The van der Waals surface area contributed by atoms with Crippen LogP contribution in [-0.4, -0.2) is 60.0 Å². The van der Waals surface area contributed by atoms with Crippen molar-refractivity contribution >= 4 is 5.69 Å². The van der Waals surface area contributed by atoms with Crippen molar-refractivity contribution in [3.63, 3.8) is 0 Å². The van der Waals surface area contributed by atoms with Gasteiger partial charge in [-0.15, -0.1) is 0 Å². The van der Waals surface area contributed by atoms with Crippen LogP contribution in [0.15, 0.2) is 48.8 Å². The van der Waals surface area contributed by atoms with Gasteiger partial charge in [0.05, 0.1) is 19.9 Å². The Kier molecular flexibility index (Phi) is 6.62. The molecule has 1 saturated heterocycles. The SMILES string of the molecule is COc1ccc(CN2CCN(c3c(F)cccc3[C@@H](O)c3nccn3C)CC2)c(OC)c1. The van der Waals surface area contributed by atoms with Gasteiger partial charge in [-0.2, -0.15) is 0 Å². The van der Waals surface area contributed by atoms with Crippen LogP contribution in [0.1, 0.15) is 23.1 Å². The van der Waals surface area contributed by atoms with Crippen LogP contribution in [0.25, 0.3) is 0 Å². The van der Waals surface area contributed by atoms with E-state index in [0.717, 1.165) is 36.7 Å². The number of benzene rings is 2. The van der Waals surface area contributed by atoms with Crippen molar-refractivity contribution in [3.05, 3.63) is 71.6 Å². The van der Waals surface area contributed by atoms with E-state index in [1.54, 1.807) is 43.3 Å². The van der Waals surface area contributed by atoms with Gasteiger partial charge in [-0.25, -0.2) is 9.37 Å². The molecule has 4 rings (SSSR count). The summed E-state index contributed by atoms with van der Waals surface area (Å²) in [7, 11) is 5.11. The molecule has 0 saturated carbocycles. The highest BCUT2D eigenvalue weighted by atomic mass is 19.1. The summed E-state index contributed by atoms with van der Waals surface area (Å²) in [5.74, 6) is 1.71. The number of aromatic nitrogens is 2. The Morgan fingerprint density at radius 2 is 1.88 bits per heavy atom. The van der Waals surface area contributed by atoms with Crippen LogP contribution < -0.4 is 14.4 Å². The van der Waals surface area contributed by atoms with Crippen molar-refractivity contribution in [3.8, 4) is 11.5 Å². The van der Waals surface area contributed by atoms with E-state index < -0.39 is 6.10 Å². The fourth-order valence-corrected chi connectivity index (χ4v) is 4.22. The molecule has 0 spiro atoms. The fourth-order valence-electron chi connectivity index (χ4n) is 4.22. The second-order valence-electron chi connectivity index (χ2n) is 7.92.